The van der Waals surface area contributed by atoms with Crippen LogP contribution in [0.4, 0.5) is 0 Å². The molecule has 3 heteroatoms. The lowest BCUT2D eigenvalue weighted by Crippen LogP contribution is -2.28. The first-order chi connectivity index (χ1) is 9.63. The normalized spacial score (nSPS) is 15.2. The highest BCUT2D eigenvalue weighted by molar-refractivity contribution is 5.22. The first-order valence-corrected chi connectivity index (χ1v) is 7.78. The molecule has 1 aromatic carbocycles. The van der Waals surface area contributed by atoms with Gasteiger partial charge >= 0.3 is 0 Å². The van der Waals surface area contributed by atoms with E-state index in [1.54, 1.807) is 0 Å². The van der Waals surface area contributed by atoms with Crippen molar-refractivity contribution in [1.29, 1.82) is 0 Å². The van der Waals surface area contributed by atoms with Crippen LogP contribution in [0.2, 0.25) is 0 Å². The van der Waals surface area contributed by atoms with Crippen molar-refractivity contribution in [1.82, 2.24) is 15.1 Å². The van der Waals surface area contributed by atoms with Gasteiger partial charge in [-0.2, -0.15) is 0 Å². The molecule has 0 radical (unpaired) electrons. The van der Waals surface area contributed by atoms with Crippen LogP contribution in [-0.4, -0.2) is 56.6 Å². The van der Waals surface area contributed by atoms with E-state index in [-0.39, 0.29) is 0 Å². The van der Waals surface area contributed by atoms with Gasteiger partial charge in [-0.05, 0) is 58.1 Å². The molecule has 0 heterocycles. The standard InChI is InChI=1S/C17H29N3/c1-19(2)12-13-20(3)14-16-6-4-15(5-7-16)10-11-18-17-8-9-17/h4-7,17-18H,8-14H2,1-3H3. The Labute approximate surface area is 124 Å². The van der Waals surface area contributed by atoms with Crippen molar-refractivity contribution in [3.63, 3.8) is 0 Å². The molecular weight excluding hydrogens is 246 g/mol. The van der Waals surface area contributed by atoms with E-state index >= 15 is 0 Å². The highest BCUT2D eigenvalue weighted by atomic mass is 15.1. The molecule has 2 rings (SSSR count). The van der Waals surface area contributed by atoms with E-state index in [0.29, 0.717) is 0 Å². The maximum absolute atomic E-state index is 3.57. The third-order valence-corrected chi connectivity index (χ3v) is 3.83. The summed E-state index contributed by atoms with van der Waals surface area (Å²) in [4.78, 5) is 4.61. The quantitative estimate of drug-likeness (QED) is 0.743. The zero-order chi connectivity index (χ0) is 14.4. The molecule has 20 heavy (non-hydrogen) atoms. The highest BCUT2D eigenvalue weighted by Crippen LogP contribution is 2.18. The summed E-state index contributed by atoms with van der Waals surface area (Å²) < 4.78 is 0. The average Bonchev–Trinajstić information content (AvgIpc) is 3.23. The van der Waals surface area contributed by atoms with E-state index < -0.39 is 0 Å². The molecule has 0 bridgehead atoms. The molecule has 0 atom stereocenters. The predicted octanol–water partition coefficient (Wildman–Crippen LogP) is 1.97. The summed E-state index contributed by atoms with van der Waals surface area (Å²) in [5.41, 5.74) is 2.85. The summed E-state index contributed by atoms with van der Waals surface area (Å²) >= 11 is 0. The van der Waals surface area contributed by atoms with Crippen molar-refractivity contribution in [2.24, 2.45) is 0 Å². The van der Waals surface area contributed by atoms with Gasteiger partial charge in [-0.15, -0.1) is 0 Å². The van der Waals surface area contributed by atoms with Crippen molar-refractivity contribution < 1.29 is 0 Å². The van der Waals surface area contributed by atoms with E-state index in [1.807, 2.05) is 0 Å². The molecule has 0 spiro atoms. The van der Waals surface area contributed by atoms with Crippen LogP contribution in [-0.2, 0) is 13.0 Å². The van der Waals surface area contributed by atoms with Crippen molar-refractivity contribution in [3.05, 3.63) is 35.4 Å². The summed E-state index contributed by atoms with van der Waals surface area (Å²) in [6, 6.07) is 9.93. The number of rotatable bonds is 9. The van der Waals surface area contributed by atoms with Crippen molar-refractivity contribution in [2.75, 3.05) is 40.8 Å². The lowest BCUT2D eigenvalue weighted by Gasteiger charge is -2.19. The van der Waals surface area contributed by atoms with Crippen molar-refractivity contribution in [2.45, 2.75) is 31.8 Å². The second kappa shape index (κ2) is 7.77. The van der Waals surface area contributed by atoms with Crippen LogP contribution in [0.1, 0.15) is 24.0 Å². The Balaban J connectivity index is 1.69. The molecule has 0 saturated heterocycles. The molecular formula is C17H29N3. The first kappa shape index (κ1) is 15.5. The fourth-order valence-electron chi connectivity index (χ4n) is 2.28. The summed E-state index contributed by atoms with van der Waals surface area (Å²) in [6.45, 7) is 4.38. The second-order valence-electron chi connectivity index (χ2n) is 6.34. The van der Waals surface area contributed by atoms with Gasteiger partial charge in [0.1, 0.15) is 0 Å². The van der Waals surface area contributed by atoms with Crippen LogP contribution >= 0.6 is 0 Å². The Hall–Kier alpha value is -0.900. The van der Waals surface area contributed by atoms with Crippen LogP contribution in [0.15, 0.2) is 24.3 Å². The van der Waals surface area contributed by atoms with Gasteiger partial charge in [0.05, 0.1) is 0 Å². The van der Waals surface area contributed by atoms with Crippen LogP contribution in [0.5, 0.6) is 0 Å². The smallest absolute Gasteiger partial charge is 0.0231 e. The number of hydrogen-bond donors (Lipinski definition) is 1. The molecule has 112 valence electrons. The number of nitrogens with one attached hydrogen (secondary N) is 1. The minimum Gasteiger partial charge on any atom is -0.314 e. The summed E-state index contributed by atoms with van der Waals surface area (Å²) in [5, 5.41) is 3.57. The van der Waals surface area contributed by atoms with Crippen LogP contribution in [0.25, 0.3) is 0 Å². The number of nitrogens with zero attached hydrogens (tertiary/aromatic N) is 2. The van der Waals surface area contributed by atoms with E-state index in [1.165, 1.54) is 24.0 Å². The predicted molar refractivity (Wildman–Crippen MR) is 86.1 cm³/mol. The van der Waals surface area contributed by atoms with Crippen LogP contribution in [0, 0.1) is 0 Å². The fourth-order valence-corrected chi connectivity index (χ4v) is 2.28. The van der Waals surface area contributed by atoms with E-state index in [0.717, 1.165) is 38.6 Å². The molecule has 1 aromatic rings. The Morgan fingerprint density at radius 3 is 2.25 bits per heavy atom. The van der Waals surface area contributed by atoms with Gasteiger partial charge in [0.15, 0.2) is 0 Å². The van der Waals surface area contributed by atoms with Gasteiger partial charge in [-0.1, -0.05) is 24.3 Å². The third kappa shape index (κ3) is 6.04. The van der Waals surface area contributed by atoms with Gasteiger partial charge in [0.2, 0.25) is 0 Å². The van der Waals surface area contributed by atoms with Gasteiger partial charge in [0.25, 0.3) is 0 Å². The Morgan fingerprint density at radius 1 is 1.00 bits per heavy atom. The lowest BCUT2D eigenvalue weighted by molar-refractivity contribution is 0.276. The van der Waals surface area contributed by atoms with Gasteiger partial charge < -0.3 is 15.1 Å². The summed E-state index contributed by atoms with van der Waals surface area (Å²) in [5.74, 6) is 0. The van der Waals surface area contributed by atoms with Gasteiger partial charge in [-0.25, -0.2) is 0 Å². The average molecular weight is 275 g/mol. The Bertz CT molecular complexity index is 382. The van der Waals surface area contributed by atoms with Crippen molar-refractivity contribution >= 4 is 0 Å². The molecule has 1 aliphatic carbocycles. The Morgan fingerprint density at radius 2 is 1.65 bits per heavy atom. The Kier molecular flexibility index (Phi) is 6.02. The maximum Gasteiger partial charge on any atom is 0.0231 e. The zero-order valence-electron chi connectivity index (χ0n) is 13.2. The lowest BCUT2D eigenvalue weighted by atomic mass is 10.1. The number of benzene rings is 1. The number of likely N-dealkylation sites (N-methyl/N-ethyl adjacent to an activating group) is 2. The maximum atomic E-state index is 3.57. The minimum absolute atomic E-state index is 0.819. The molecule has 1 saturated carbocycles. The fraction of sp³-hybridized carbons (Fsp3) is 0.647. The molecule has 0 aromatic heterocycles. The first-order valence-electron chi connectivity index (χ1n) is 7.78. The van der Waals surface area contributed by atoms with E-state index in [2.05, 4.69) is 60.5 Å². The molecule has 0 unspecified atom stereocenters. The van der Waals surface area contributed by atoms with E-state index in [4.69, 9.17) is 0 Å². The van der Waals surface area contributed by atoms with Crippen molar-refractivity contribution in [3.8, 4) is 0 Å². The van der Waals surface area contributed by atoms with Gasteiger partial charge in [-0.3, -0.25) is 0 Å². The molecule has 0 amide bonds. The largest absolute Gasteiger partial charge is 0.314 e. The SMILES string of the molecule is CN(C)CCN(C)Cc1ccc(CCNC2CC2)cc1. The topological polar surface area (TPSA) is 18.5 Å². The van der Waals surface area contributed by atoms with Crippen LogP contribution < -0.4 is 5.32 Å². The molecule has 0 aliphatic heterocycles. The molecule has 1 aliphatic rings. The minimum atomic E-state index is 0.819. The third-order valence-electron chi connectivity index (χ3n) is 3.83. The summed E-state index contributed by atoms with van der Waals surface area (Å²) in [6.07, 6.45) is 3.89. The highest BCUT2D eigenvalue weighted by Gasteiger charge is 2.19. The molecule has 3 nitrogen and oxygen atoms in total. The molecule has 1 fully saturated rings. The monoisotopic (exact) mass is 275 g/mol. The number of hydrogen-bond acceptors (Lipinski definition) is 3. The van der Waals surface area contributed by atoms with Gasteiger partial charge in [0, 0.05) is 25.7 Å². The zero-order valence-corrected chi connectivity index (χ0v) is 13.2. The summed E-state index contributed by atoms with van der Waals surface area (Å²) in [7, 11) is 6.44. The van der Waals surface area contributed by atoms with Crippen LogP contribution in [0.3, 0.4) is 0 Å². The van der Waals surface area contributed by atoms with E-state index in [9.17, 15) is 0 Å². The molecule has 1 N–H and O–H groups in total. The second-order valence-corrected chi connectivity index (χ2v) is 6.34.